The Kier molecular flexibility index (Phi) is 4.77. The van der Waals surface area contributed by atoms with Crippen LogP contribution in [0.5, 0.6) is 0 Å². The van der Waals surface area contributed by atoms with Gasteiger partial charge in [0.2, 0.25) is 0 Å². The lowest BCUT2D eigenvalue weighted by atomic mass is 10.0. The average Bonchev–Trinajstić information content (AvgIpc) is 3.14. The number of pyridine rings is 1. The number of fused-ring (bicyclic) bond motifs is 1. The molecule has 8 heteroatoms. The summed E-state index contributed by atoms with van der Waals surface area (Å²) in [6.07, 6.45) is 3.46. The predicted octanol–water partition coefficient (Wildman–Crippen LogP) is 2.79. The van der Waals surface area contributed by atoms with Crippen LogP contribution in [0.15, 0.2) is 36.7 Å². The average molecular weight is 398 g/mol. The minimum atomic E-state index is -0.0777. The zero-order chi connectivity index (χ0) is 19.8. The zero-order valence-corrected chi connectivity index (χ0v) is 16.5. The summed E-state index contributed by atoms with van der Waals surface area (Å²) in [4.78, 5) is 33.3. The highest BCUT2D eigenvalue weighted by Crippen LogP contribution is 2.35. The van der Waals surface area contributed by atoms with Crippen LogP contribution in [0.1, 0.15) is 27.8 Å². The van der Waals surface area contributed by atoms with Crippen molar-refractivity contribution in [2.24, 2.45) is 7.05 Å². The molecule has 0 N–H and O–H groups in total. The molecular formula is C20H20ClN5O2. The molecule has 1 saturated heterocycles. The van der Waals surface area contributed by atoms with Gasteiger partial charge < -0.3 is 9.80 Å². The van der Waals surface area contributed by atoms with Crippen molar-refractivity contribution < 1.29 is 9.59 Å². The molecule has 7 nitrogen and oxygen atoms in total. The van der Waals surface area contributed by atoms with Crippen molar-refractivity contribution in [2.75, 3.05) is 31.1 Å². The second-order valence-electron chi connectivity index (χ2n) is 6.86. The maximum atomic E-state index is 12.6. The highest BCUT2D eigenvalue weighted by atomic mass is 35.5. The van der Waals surface area contributed by atoms with Gasteiger partial charge in [-0.05, 0) is 31.2 Å². The normalized spacial score (nSPS) is 14.5. The largest absolute Gasteiger partial charge is 0.366 e. The third kappa shape index (κ3) is 3.22. The standard InChI is InChI=1S/C20H20ClN5O2/c1-13(27)15-12-16(21)14-4-3-6-22-18(14)19(15)25-8-10-26(11-9-25)20(28)17-5-7-24(2)23-17/h3-7,12H,8-11H2,1-2H3. The molecule has 1 aromatic carbocycles. The number of hydrogen-bond donors (Lipinski definition) is 0. The van der Waals surface area contributed by atoms with Gasteiger partial charge in [-0.15, -0.1) is 0 Å². The Hall–Kier alpha value is -2.93. The summed E-state index contributed by atoms with van der Waals surface area (Å²) in [5, 5.41) is 5.52. The number of rotatable bonds is 3. The topological polar surface area (TPSA) is 71.3 Å². The van der Waals surface area contributed by atoms with E-state index in [9.17, 15) is 9.59 Å². The summed E-state index contributed by atoms with van der Waals surface area (Å²) in [5.74, 6) is -0.137. The molecule has 1 amide bonds. The van der Waals surface area contributed by atoms with E-state index in [-0.39, 0.29) is 11.7 Å². The first-order chi connectivity index (χ1) is 13.5. The number of halogens is 1. The molecule has 0 aliphatic carbocycles. The van der Waals surface area contributed by atoms with E-state index in [1.165, 1.54) is 6.92 Å². The van der Waals surface area contributed by atoms with E-state index >= 15 is 0 Å². The molecule has 1 aliphatic heterocycles. The van der Waals surface area contributed by atoms with Crippen molar-refractivity contribution in [3.63, 3.8) is 0 Å². The van der Waals surface area contributed by atoms with E-state index in [0.717, 1.165) is 11.1 Å². The number of aromatic nitrogens is 3. The number of carbonyl (C=O) groups excluding carboxylic acids is 2. The lowest BCUT2D eigenvalue weighted by molar-refractivity contribution is 0.0739. The van der Waals surface area contributed by atoms with Crippen molar-refractivity contribution in [1.82, 2.24) is 19.7 Å². The molecule has 0 bridgehead atoms. The molecule has 1 aliphatic rings. The van der Waals surface area contributed by atoms with E-state index in [0.29, 0.717) is 48.0 Å². The minimum absolute atomic E-state index is 0.0588. The van der Waals surface area contributed by atoms with Gasteiger partial charge in [-0.25, -0.2) is 0 Å². The Morgan fingerprint density at radius 1 is 1.14 bits per heavy atom. The molecule has 1 fully saturated rings. The molecule has 144 valence electrons. The Morgan fingerprint density at radius 2 is 1.89 bits per heavy atom. The quantitative estimate of drug-likeness (QED) is 0.635. The molecular weight excluding hydrogens is 378 g/mol. The first kappa shape index (κ1) is 18.4. The van der Waals surface area contributed by atoms with Crippen LogP contribution in [-0.4, -0.2) is 57.5 Å². The third-order valence-corrected chi connectivity index (χ3v) is 5.32. The van der Waals surface area contributed by atoms with Crippen molar-refractivity contribution in [1.29, 1.82) is 0 Å². The fourth-order valence-corrected chi connectivity index (χ4v) is 3.86. The van der Waals surface area contributed by atoms with Crippen LogP contribution in [0, 0.1) is 0 Å². The number of ketones is 1. The van der Waals surface area contributed by atoms with Crippen LogP contribution < -0.4 is 4.90 Å². The summed E-state index contributed by atoms with van der Waals surface area (Å²) in [7, 11) is 1.79. The number of piperazine rings is 1. The maximum absolute atomic E-state index is 12.6. The summed E-state index contributed by atoms with van der Waals surface area (Å²) < 4.78 is 1.62. The second kappa shape index (κ2) is 7.24. The molecule has 3 heterocycles. The summed E-state index contributed by atoms with van der Waals surface area (Å²) in [6, 6.07) is 7.17. The van der Waals surface area contributed by atoms with Gasteiger partial charge >= 0.3 is 0 Å². The Balaban J connectivity index is 1.63. The van der Waals surface area contributed by atoms with E-state index in [2.05, 4.69) is 15.0 Å². The van der Waals surface area contributed by atoms with Crippen molar-refractivity contribution in [3.05, 3.63) is 52.9 Å². The molecule has 0 atom stereocenters. The summed E-state index contributed by atoms with van der Waals surface area (Å²) in [5.41, 5.74) is 2.50. The summed E-state index contributed by atoms with van der Waals surface area (Å²) in [6.45, 7) is 3.83. The van der Waals surface area contributed by atoms with E-state index in [4.69, 9.17) is 11.6 Å². The van der Waals surface area contributed by atoms with E-state index < -0.39 is 0 Å². The van der Waals surface area contributed by atoms with Crippen molar-refractivity contribution in [3.8, 4) is 0 Å². The lowest BCUT2D eigenvalue weighted by Gasteiger charge is -2.37. The number of nitrogens with zero attached hydrogens (tertiary/aromatic N) is 5. The Morgan fingerprint density at radius 3 is 2.54 bits per heavy atom. The van der Waals surface area contributed by atoms with Crippen LogP contribution in [0.2, 0.25) is 5.02 Å². The number of benzene rings is 1. The van der Waals surface area contributed by atoms with E-state index in [1.54, 1.807) is 41.2 Å². The number of amides is 1. The fraction of sp³-hybridized carbons (Fsp3) is 0.300. The van der Waals surface area contributed by atoms with Gasteiger partial charge in [-0.2, -0.15) is 5.10 Å². The minimum Gasteiger partial charge on any atom is -0.366 e. The number of hydrogen-bond acceptors (Lipinski definition) is 5. The molecule has 0 spiro atoms. The van der Waals surface area contributed by atoms with Gasteiger partial charge in [-0.1, -0.05) is 11.6 Å². The first-order valence-corrected chi connectivity index (χ1v) is 9.45. The van der Waals surface area contributed by atoms with Gasteiger partial charge in [0, 0.05) is 56.6 Å². The predicted molar refractivity (Wildman–Crippen MR) is 108 cm³/mol. The fourth-order valence-electron chi connectivity index (χ4n) is 3.60. The van der Waals surface area contributed by atoms with Gasteiger partial charge in [0.1, 0.15) is 5.69 Å². The van der Waals surface area contributed by atoms with E-state index in [1.807, 2.05) is 12.1 Å². The molecule has 28 heavy (non-hydrogen) atoms. The highest BCUT2D eigenvalue weighted by Gasteiger charge is 2.27. The number of aryl methyl sites for hydroxylation is 1. The van der Waals surface area contributed by atoms with Crippen LogP contribution in [0.3, 0.4) is 0 Å². The number of carbonyl (C=O) groups is 2. The molecule has 0 saturated carbocycles. The van der Waals surface area contributed by atoms with Crippen LogP contribution in [0.4, 0.5) is 5.69 Å². The van der Waals surface area contributed by atoms with Crippen molar-refractivity contribution in [2.45, 2.75) is 6.92 Å². The lowest BCUT2D eigenvalue weighted by Crippen LogP contribution is -2.49. The maximum Gasteiger partial charge on any atom is 0.274 e. The van der Waals surface area contributed by atoms with Crippen molar-refractivity contribution >= 4 is 39.9 Å². The SMILES string of the molecule is CC(=O)c1cc(Cl)c2cccnc2c1N1CCN(C(=O)c2ccn(C)n2)CC1. The van der Waals surface area contributed by atoms with Gasteiger partial charge in [-0.3, -0.25) is 19.3 Å². The van der Waals surface area contributed by atoms with Gasteiger partial charge in [0.15, 0.2) is 5.78 Å². The first-order valence-electron chi connectivity index (χ1n) is 9.07. The number of Topliss-reactive ketones (excluding diaryl/α,β-unsaturated/α-hetero) is 1. The van der Waals surface area contributed by atoms with Crippen LogP contribution >= 0.6 is 11.6 Å². The monoisotopic (exact) mass is 397 g/mol. The molecule has 4 rings (SSSR count). The molecule has 0 unspecified atom stereocenters. The van der Waals surface area contributed by atoms with Crippen LogP contribution in [-0.2, 0) is 7.05 Å². The molecule has 3 aromatic rings. The summed E-state index contributed by atoms with van der Waals surface area (Å²) >= 11 is 6.38. The second-order valence-corrected chi connectivity index (χ2v) is 7.27. The Labute approximate surface area is 167 Å². The Bertz CT molecular complexity index is 1070. The zero-order valence-electron chi connectivity index (χ0n) is 15.7. The van der Waals surface area contributed by atoms with Gasteiger partial charge in [0.05, 0.1) is 16.2 Å². The van der Waals surface area contributed by atoms with Crippen LogP contribution in [0.25, 0.3) is 10.9 Å². The number of anilines is 1. The third-order valence-electron chi connectivity index (χ3n) is 5.01. The van der Waals surface area contributed by atoms with Gasteiger partial charge in [0.25, 0.3) is 5.91 Å². The smallest absolute Gasteiger partial charge is 0.274 e. The highest BCUT2D eigenvalue weighted by molar-refractivity contribution is 6.36. The molecule has 2 aromatic heterocycles. The molecule has 0 radical (unpaired) electrons.